The second kappa shape index (κ2) is 7.05. The molecule has 5 heteroatoms. The van der Waals surface area contributed by atoms with Crippen molar-refractivity contribution in [2.75, 3.05) is 11.4 Å². The van der Waals surface area contributed by atoms with Gasteiger partial charge in [-0.2, -0.15) is 0 Å². The Morgan fingerprint density at radius 1 is 1.08 bits per heavy atom. The van der Waals surface area contributed by atoms with E-state index in [9.17, 15) is 14.0 Å². The van der Waals surface area contributed by atoms with Gasteiger partial charge in [0.15, 0.2) is 0 Å². The van der Waals surface area contributed by atoms with Crippen LogP contribution in [0.25, 0.3) is 0 Å². The van der Waals surface area contributed by atoms with E-state index in [4.69, 9.17) is 0 Å². The SMILES string of the molecule is CCN(C(=O)C1(C(=O)NCc2ccccc2F)CC1)c1ccccc1. The van der Waals surface area contributed by atoms with Gasteiger partial charge in [-0.3, -0.25) is 9.59 Å². The summed E-state index contributed by atoms with van der Waals surface area (Å²) in [5, 5.41) is 2.73. The first-order chi connectivity index (χ1) is 12.1. The highest BCUT2D eigenvalue weighted by atomic mass is 19.1. The standard InChI is InChI=1S/C20H21FN2O2/c1-2-23(16-9-4-3-5-10-16)19(25)20(12-13-20)18(24)22-14-15-8-6-7-11-17(15)21/h3-11H,2,12-14H2,1H3,(H,22,24). The van der Waals surface area contributed by atoms with Crippen molar-refractivity contribution in [2.45, 2.75) is 26.3 Å². The predicted molar refractivity (Wildman–Crippen MR) is 94.4 cm³/mol. The maximum atomic E-state index is 13.7. The van der Waals surface area contributed by atoms with Crippen molar-refractivity contribution in [1.29, 1.82) is 0 Å². The lowest BCUT2D eigenvalue weighted by molar-refractivity contribution is -0.135. The number of nitrogens with zero attached hydrogens (tertiary/aromatic N) is 1. The molecule has 0 heterocycles. The highest BCUT2D eigenvalue weighted by Crippen LogP contribution is 2.48. The number of halogens is 1. The van der Waals surface area contributed by atoms with E-state index in [1.807, 2.05) is 37.3 Å². The van der Waals surface area contributed by atoms with Crippen LogP contribution < -0.4 is 10.2 Å². The van der Waals surface area contributed by atoms with Gasteiger partial charge in [0.1, 0.15) is 11.2 Å². The Bertz CT molecular complexity index is 772. The van der Waals surface area contributed by atoms with Crippen molar-refractivity contribution < 1.29 is 14.0 Å². The van der Waals surface area contributed by atoms with E-state index in [0.717, 1.165) is 5.69 Å². The van der Waals surface area contributed by atoms with Gasteiger partial charge >= 0.3 is 0 Å². The number of carbonyl (C=O) groups excluding carboxylic acids is 2. The summed E-state index contributed by atoms with van der Waals surface area (Å²) in [6.07, 6.45) is 1.05. The molecule has 2 aromatic rings. The molecule has 0 saturated heterocycles. The number of benzene rings is 2. The topological polar surface area (TPSA) is 49.4 Å². The van der Waals surface area contributed by atoms with Gasteiger partial charge in [0, 0.05) is 24.3 Å². The number of rotatable bonds is 6. The fraction of sp³-hybridized carbons (Fsp3) is 0.300. The third kappa shape index (κ3) is 3.40. The lowest BCUT2D eigenvalue weighted by atomic mass is 10.0. The molecule has 130 valence electrons. The molecule has 2 aromatic carbocycles. The zero-order valence-electron chi connectivity index (χ0n) is 14.2. The quantitative estimate of drug-likeness (QED) is 0.821. The minimum atomic E-state index is -1.02. The van der Waals surface area contributed by atoms with Crippen LogP contribution in [0.4, 0.5) is 10.1 Å². The van der Waals surface area contributed by atoms with Gasteiger partial charge in [-0.15, -0.1) is 0 Å². The summed E-state index contributed by atoms with van der Waals surface area (Å²) in [7, 11) is 0. The normalized spacial score (nSPS) is 14.6. The van der Waals surface area contributed by atoms with E-state index in [1.54, 1.807) is 23.1 Å². The second-order valence-electron chi connectivity index (χ2n) is 6.24. The average molecular weight is 340 g/mol. The molecule has 1 N–H and O–H groups in total. The number of hydrogen-bond donors (Lipinski definition) is 1. The maximum Gasteiger partial charge on any atom is 0.242 e. The molecule has 2 amide bonds. The molecule has 0 bridgehead atoms. The highest BCUT2D eigenvalue weighted by Gasteiger charge is 2.57. The minimum absolute atomic E-state index is 0.0813. The van der Waals surface area contributed by atoms with E-state index < -0.39 is 5.41 Å². The maximum absolute atomic E-state index is 13.7. The first kappa shape index (κ1) is 17.1. The van der Waals surface area contributed by atoms with Gasteiger partial charge in [-0.25, -0.2) is 4.39 Å². The van der Waals surface area contributed by atoms with E-state index in [-0.39, 0.29) is 24.2 Å². The number of carbonyl (C=O) groups is 2. The van der Waals surface area contributed by atoms with E-state index in [1.165, 1.54) is 6.07 Å². The summed E-state index contributed by atoms with van der Waals surface area (Å²) in [4.78, 5) is 27.2. The van der Waals surface area contributed by atoms with E-state index in [0.29, 0.717) is 24.9 Å². The summed E-state index contributed by atoms with van der Waals surface area (Å²) in [6, 6.07) is 15.6. The molecule has 1 saturated carbocycles. The van der Waals surface area contributed by atoms with Crippen LogP contribution in [-0.4, -0.2) is 18.4 Å². The fourth-order valence-electron chi connectivity index (χ4n) is 2.96. The Morgan fingerprint density at radius 2 is 1.72 bits per heavy atom. The number of amides is 2. The van der Waals surface area contributed by atoms with Gasteiger partial charge in [0.25, 0.3) is 0 Å². The van der Waals surface area contributed by atoms with Gasteiger partial charge in [0.05, 0.1) is 0 Å². The second-order valence-corrected chi connectivity index (χ2v) is 6.24. The zero-order chi connectivity index (χ0) is 17.9. The molecule has 3 rings (SSSR count). The van der Waals surface area contributed by atoms with Crippen LogP contribution in [0.5, 0.6) is 0 Å². The lowest BCUT2D eigenvalue weighted by Gasteiger charge is -2.26. The van der Waals surface area contributed by atoms with Crippen molar-refractivity contribution >= 4 is 17.5 Å². The van der Waals surface area contributed by atoms with Crippen LogP contribution in [0, 0.1) is 11.2 Å². The molecule has 1 aliphatic rings. The average Bonchev–Trinajstić information content (AvgIpc) is 3.44. The van der Waals surface area contributed by atoms with Crippen molar-refractivity contribution in [2.24, 2.45) is 5.41 Å². The van der Waals surface area contributed by atoms with E-state index in [2.05, 4.69) is 5.32 Å². The first-order valence-electron chi connectivity index (χ1n) is 8.47. The largest absolute Gasteiger partial charge is 0.351 e. The molecule has 0 spiro atoms. The molecule has 0 unspecified atom stereocenters. The Hall–Kier alpha value is -2.69. The third-order valence-corrected chi connectivity index (χ3v) is 4.62. The number of hydrogen-bond acceptors (Lipinski definition) is 2. The summed E-state index contributed by atoms with van der Waals surface area (Å²) in [5.41, 5.74) is 0.176. The summed E-state index contributed by atoms with van der Waals surface area (Å²) in [5.74, 6) is -0.874. The van der Waals surface area contributed by atoms with Gasteiger partial charge in [-0.05, 0) is 38.0 Å². The Kier molecular flexibility index (Phi) is 4.83. The van der Waals surface area contributed by atoms with Crippen LogP contribution in [0.15, 0.2) is 54.6 Å². The molecule has 0 aliphatic heterocycles. The Balaban J connectivity index is 1.71. The molecule has 4 nitrogen and oxygen atoms in total. The van der Waals surface area contributed by atoms with Gasteiger partial charge in [0.2, 0.25) is 11.8 Å². The monoisotopic (exact) mass is 340 g/mol. The van der Waals surface area contributed by atoms with Crippen LogP contribution in [0.2, 0.25) is 0 Å². The van der Waals surface area contributed by atoms with Crippen LogP contribution in [0.1, 0.15) is 25.3 Å². The zero-order valence-corrected chi connectivity index (χ0v) is 14.2. The first-order valence-corrected chi connectivity index (χ1v) is 8.47. The Labute approximate surface area is 146 Å². The molecule has 25 heavy (non-hydrogen) atoms. The molecule has 0 radical (unpaired) electrons. The third-order valence-electron chi connectivity index (χ3n) is 4.62. The summed E-state index contributed by atoms with van der Waals surface area (Å²) < 4.78 is 13.7. The Morgan fingerprint density at radius 3 is 2.32 bits per heavy atom. The molecular formula is C20H21FN2O2. The smallest absolute Gasteiger partial charge is 0.242 e. The number of nitrogens with one attached hydrogen (secondary N) is 1. The lowest BCUT2D eigenvalue weighted by Crippen LogP contribution is -2.45. The van der Waals surface area contributed by atoms with Crippen molar-refractivity contribution in [1.82, 2.24) is 5.32 Å². The highest BCUT2D eigenvalue weighted by molar-refractivity contribution is 6.14. The summed E-state index contributed by atoms with van der Waals surface area (Å²) in [6.45, 7) is 2.46. The fourth-order valence-corrected chi connectivity index (χ4v) is 2.96. The van der Waals surface area contributed by atoms with Crippen molar-refractivity contribution in [3.63, 3.8) is 0 Å². The number of para-hydroxylation sites is 1. The van der Waals surface area contributed by atoms with Crippen LogP contribution in [-0.2, 0) is 16.1 Å². The molecular weight excluding hydrogens is 319 g/mol. The molecule has 0 aromatic heterocycles. The van der Waals surface area contributed by atoms with E-state index >= 15 is 0 Å². The van der Waals surface area contributed by atoms with Crippen LogP contribution >= 0.6 is 0 Å². The molecule has 1 aliphatic carbocycles. The molecule has 1 fully saturated rings. The number of anilines is 1. The minimum Gasteiger partial charge on any atom is -0.351 e. The van der Waals surface area contributed by atoms with Gasteiger partial charge < -0.3 is 10.2 Å². The van der Waals surface area contributed by atoms with Crippen molar-refractivity contribution in [3.05, 3.63) is 66.0 Å². The molecule has 0 atom stereocenters. The predicted octanol–water partition coefficient (Wildman–Crippen LogP) is 3.28. The van der Waals surface area contributed by atoms with Crippen molar-refractivity contribution in [3.8, 4) is 0 Å². The summed E-state index contributed by atoms with van der Waals surface area (Å²) >= 11 is 0. The van der Waals surface area contributed by atoms with Crippen LogP contribution in [0.3, 0.4) is 0 Å². The van der Waals surface area contributed by atoms with Gasteiger partial charge in [-0.1, -0.05) is 36.4 Å².